The van der Waals surface area contributed by atoms with E-state index in [2.05, 4.69) is 21.8 Å². The summed E-state index contributed by atoms with van der Waals surface area (Å²) in [7, 11) is 0. The maximum absolute atomic E-state index is 4.34. The van der Waals surface area contributed by atoms with E-state index in [0.29, 0.717) is 0 Å². The second-order valence-corrected chi connectivity index (χ2v) is 5.49. The van der Waals surface area contributed by atoms with Crippen LogP contribution in [0.4, 0.5) is 5.13 Å². The van der Waals surface area contributed by atoms with Crippen molar-refractivity contribution in [1.82, 2.24) is 9.88 Å². The zero-order valence-electron chi connectivity index (χ0n) is 9.83. The number of nitrogens with zero attached hydrogens (tertiary/aromatic N) is 2. The molecule has 0 bridgehead atoms. The predicted octanol–water partition coefficient (Wildman–Crippen LogP) is 3.07. The fourth-order valence-corrected chi connectivity index (χ4v) is 2.89. The van der Waals surface area contributed by atoms with Gasteiger partial charge in [0, 0.05) is 23.3 Å². The maximum atomic E-state index is 4.34. The second-order valence-electron chi connectivity index (χ2n) is 4.37. The molecule has 0 unspecified atom stereocenters. The Kier molecular flexibility index (Phi) is 3.96. The summed E-state index contributed by atoms with van der Waals surface area (Å²) in [5.41, 5.74) is 0.943. The Morgan fingerprint density at radius 2 is 2.25 bits per heavy atom. The lowest BCUT2D eigenvalue weighted by molar-refractivity contribution is 0.222. The van der Waals surface area contributed by atoms with Crippen LogP contribution in [0.5, 0.6) is 0 Å². The molecule has 1 aromatic rings. The zero-order chi connectivity index (χ0) is 11.4. The van der Waals surface area contributed by atoms with Crippen LogP contribution in [0.2, 0.25) is 0 Å². The van der Waals surface area contributed by atoms with E-state index in [1.807, 2.05) is 13.1 Å². The number of hydrogen-bond donors (Lipinski definition) is 1. The topological polar surface area (TPSA) is 28.2 Å². The number of allylic oxidation sites excluding steroid dienone is 1. The van der Waals surface area contributed by atoms with Gasteiger partial charge >= 0.3 is 0 Å². The van der Waals surface area contributed by atoms with Crippen molar-refractivity contribution in [3.8, 4) is 0 Å². The summed E-state index contributed by atoms with van der Waals surface area (Å²) in [6.07, 6.45) is 6.05. The third-order valence-electron chi connectivity index (χ3n) is 2.70. The summed E-state index contributed by atoms with van der Waals surface area (Å²) in [4.78, 5) is 8.20. The van der Waals surface area contributed by atoms with Crippen LogP contribution < -0.4 is 5.32 Å². The average Bonchev–Trinajstić information content (AvgIpc) is 2.66. The largest absolute Gasteiger partial charge is 0.336 e. The molecule has 88 valence electrons. The number of rotatable bonds is 4. The molecule has 4 heteroatoms. The highest BCUT2D eigenvalue weighted by molar-refractivity contribution is 7.15. The number of aromatic nitrogens is 1. The predicted molar refractivity (Wildman–Crippen MR) is 69.7 cm³/mol. The van der Waals surface area contributed by atoms with Crippen LogP contribution in [-0.2, 0) is 6.54 Å². The van der Waals surface area contributed by atoms with Crippen molar-refractivity contribution in [2.75, 3.05) is 18.4 Å². The third-order valence-corrected chi connectivity index (χ3v) is 3.60. The van der Waals surface area contributed by atoms with Gasteiger partial charge < -0.3 is 5.32 Å². The van der Waals surface area contributed by atoms with Gasteiger partial charge in [0.15, 0.2) is 5.13 Å². The molecule has 1 aliphatic heterocycles. The molecule has 0 saturated carbocycles. The molecule has 16 heavy (non-hydrogen) atoms. The van der Waals surface area contributed by atoms with E-state index < -0.39 is 0 Å². The smallest absolute Gasteiger partial charge is 0.187 e. The molecule has 0 radical (unpaired) electrons. The van der Waals surface area contributed by atoms with Crippen molar-refractivity contribution in [3.05, 3.63) is 23.3 Å². The number of thiazole rings is 1. The Morgan fingerprint density at radius 1 is 1.50 bits per heavy atom. The first-order valence-corrected chi connectivity index (χ1v) is 6.65. The van der Waals surface area contributed by atoms with E-state index >= 15 is 0 Å². The fraction of sp³-hybridized carbons (Fsp3) is 0.583. The van der Waals surface area contributed by atoms with Crippen LogP contribution >= 0.6 is 11.3 Å². The van der Waals surface area contributed by atoms with Gasteiger partial charge in [-0.3, -0.25) is 4.90 Å². The first kappa shape index (κ1) is 11.6. The first-order valence-electron chi connectivity index (χ1n) is 5.83. The van der Waals surface area contributed by atoms with Crippen LogP contribution in [0.3, 0.4) is 0 Å². The van der Waals surface area contributed by atoms with Crippen molar-refractivity contribution < 1.29 is 0 Å². The van der Waals surface area contributed by atoms with E-state index in [1.165, 1.54) is 37.2 Å². The number of anilines is 1. The van der Waals surface area contributed by atoms with Crippen molar-refractivity contribution in [1.29, 1.82) is 0 Å². The van der Waals surface area contributed by atoms with Crippen molar-refractivity contribution in [3.63, 3.8) is 0 Å². The highest BCUT2D eigenvalue weighted by Crippen LogP contribution is 2.22. The molecule has 0 aromatic carbocycles. The number of likely N-dealkylation sites (tertiary alicyclic amines) is 1. The molecule has 1 N–H and O–H groups in total. The lowest BCUT2D eigenvalue weighted by Crippen LogP contribution is -2.28. The minimum Gasteiger partial charge on any atom is -0.336 e. The van der Waals surface area contributed by atoms with E-state index in [1.54, 1.807) is 11.3 Å². The Hall–Kier alpha value is -0.870. The molecule has 1 fully saturated rings. The second kappa shape index (κ2) is 5.46. The van der Waals surface area contributed by atoms with Gasteiger partial charge in [-0.25, -0.2) is 4.98 Å². The Labute approximate surface area is 101 Å². The average molecular weight is 237 g/mol. The highest BCUT2D eigenvalue weighted by atomic mass is 32.1. The van der Waals surface area contributed by atoms with Gasteiger partial charge in [0.2, 0.25) is 0 Å². The minimum atomic E-state index is 0.943. The summed E-state index contributed by atoms with van der Waals surface area (Å²) >= 11 is 1.73. The van der Waals surface area contributed by atoms with Crippen molar-refractivity contribution in [2.24, 2.45) is 0 Å². The quantitative estimate of drug-likeness (QED) is 0.872. The van der Waals surface area contributed by atoms with E-state index in [9.17, 15) is 0 Å². The maximum Gasteiger partial charge on any atom is 0.187 e. The minimum absolute atomic E-state index is 0.943. The summed E-state index contributed by atoms with van der Waals surface area (Å²) in [6, 6.07) is 0. The molecular formula is C12H19N3S. The van der Waals surface area contributed by atoms with Gasteiger partial charge in [0.25, 0.3) is 0 Å². The summed E-state index contributed by atoms with van der Waals surface area (Å²) < 4.78 is 0. The monoisotopic (exact) mass is 237 g/mol. The number of nitrogens with one attached hydrogen (secondary N) is 1. The van der Waals surface area contributed by atoms with Crippen LogP contribution in [0.1, 0.15) is 31.1 Å². The molecule has 1 aliphatic rings. The number of piperidine rings is 1. The van der Waals surface area contributed by atoms with E-state index in [-0.39, 0.29) is 0 Å². The van der Waals surface area contributed by atoms with Gasteiger partial charge in [0.05, 0.1) is 0 Å². The van der Waals surface area contributed by atoms with Gasteiger partial charge in [0.1, 0.15) is 0 Å². The zero-order valence-corrected chi connectivity index (χ0v) is 10.6. The summed E-state index contributed by atoms with van der Waals surface area (Å²) in [5, 5.41) is 4.11. The fourth-order valence-electron chi connectivity index (χ4n) is 1.96. The van der Waals surface area contributed by atoms with Gasteiger partial charge in [-0.15, -0.1) is 11.3 Å². The molecule has 1 saturated heterocycles. The molecule has 0 amide bonds. The molecule has 0 aliphatic carbocycles. The van der Waals surface area contributed by atoms with Crippen LogP contribution in [0.15, 0.2) is 18.5 Å². The van der Waals surface area contributed by atoms with E-state index in [4.69, 9.17) is 0 Å². The van der Waals surface area contributed by atoms with E-state index in [0.717, 1.165) is 17.4 Å². The van der Waals surface area contributed by atoms with Crippen molar-refractivity contribution >= 4 is 16.5 Å². The molecule has 0 spiro atoms. The standard InChI is InChI=1S/C12H19N3S/c1-10(2)14-12-13-8-11(16-12)9-15-6-4-3-5-7-15/h8H,1,3-7,9H2,2H3,(H,13,14). The van der Waals surface area contributed by atoms with Gasteiger partial charge in [-0.05, 0) is 32.9 Å². The third kappa shape index (κ3) is 3.32. The normalized spacial score (nSPS) is 17.3. The SMILES string of the molecule is C=C(C)Nc1ncc(CN2CCCCC2)s1. The van der Waals surface area contributed by atoms with Crippen LogP contribution in [0.25, 0.3) is 0 Å². The summed E-state index contributed by atoms with van der Waals surface area (Å²) in [5.74, 6) is 0. The Balaban J connectivity index is 1.88. The molecule has 0 atom stereocenters. The Bertz CT molecular complexity index is 353. The molecule has 2 heterocycles. The highest BCUT2D eigenvalue weighted by Gasteiger charge is 2.11. The lowest BCUT2D eigenvalue weighted by Gasteiger charge is -2.25. The van der Waals surface area contributed by atoms with Gasteiger partial charge in [-0.1, -0.05) is 13.0 Å². The molecular weight excluding hydrogens is 218 g/mol. The summed E-state index contributed by atoms with van der Waals surface area (Å²) in [6.45, 7) is 9.30. The number of hydrogen-bond acceptors (Lipinski definition) is 4. The van der Waals surface area contributed by atoms with Crippen LogP contribution in [-0.4, -0.2) is 23.0 Å². The molecule has 2 rings (SSSR count). The first-order chi connectivity index (χ1) is 7.74. The molecule has 3 nitrogen and oxygen atoms in total. The lowest BCUT2D eigenvalue weighted by atomic mass is 10.1. The molecule has 1 aromatic heterocycles. The van der Waals surface area contributed by atoms with Crippen LogP contribution in [0, 0.1) is 0 Å². The van der Waals surface area contributed by atoms with Gasteiger partial charge in [-0.2, -0.15) is 0 Å². The Morgan fingerprint density at radius 3 is 2.94 bits per heavy atom. The van der Waals surface area contributed by atoms with Crippen molar-refractivity contribution in [2.45, 2.75) is 32.7 Å².